The third-order valence-corrected chi connectivity index (χ3v) is 4.63. The lowest BCUT2D eigenvalue weighted by Gasteiger charge is -2.29. The highest BCUT2D eigenvalue weighted by atomic mass is 16.4. The Hall–Kier alpha value is -1.84. The molecule has 120 valence electrons. The largest absolute Gasteiger partial charge is 0.481 e. The number of aliphatic carboxylic acids is 1. The van der Waals surface area contributed by atoms with E-state index >= 15 is 0 Å². The Morgan fingerprint density at radius 2 is 1.68 bits per heavy atom. The summed E-state index contributed by atoms with van der Waals surface area (Å²) in [4.78, 5) is 23.5. The number of carboxylic acids is 1. The van der Waals surface area contributed by atoms with Crippen LogP contribution >= 0.6 is 0 Å². The molecule has 1 saturated carbocycles. The van der Waals surface area contributed by atoms with E-state index in [0.29, 0.717) is 6.42 Å². The van der Waals surface area contributed by atoms with E-state index in [9.17, 15) is 9.59 Å². The standard InChI is InChI=1S/C18H25NO3/c1-12-8-13(2)15(14(3)9-12)10-16(20)19-18(11-17(21)22)6-4-5-7-18/h8-9H,4-7,10-11H2,1-3H3,(H,19,20)(H,21,22). The number of hydrogen-bond donors (Lipinski definition) is 2. The molecular formula is C18H25NO3. The van der Waals surface area contributed by atoms with Crippen LogP contribution in [0.15, 0.2) is 12.1 Å². The first-order chi connectivity index (χ1) is 10.3. The van der Waals surface area contributed by atoms with Crippen LogP contribution in [0.25, 0.3) is 0 Å². The Morgan fingerprint density at radius 3 is 2.18 bits per heavy atom. The lowest BCUT2D eigenvalue weighted by Crippen LogP contribution is -2.48. The van der Waals surface area contributed by atoms with E-state index in [-0.39, 0.29) is 12.3 Å². The normalized spacial score (nSPS) is 16.5. The zero-order valence-electron chi connectivity index (χ0n) is 13.7. The van der Waals surface area contributed by atoms with Gasteiger partial charge in [-0.2, -0.15) is 0 Å². The van der Waals surface area contributed by atoms with Crippen molar-refractivity contribution in [1.82, 2.24) is 5.32 Å². The first-order valence-electron chi connectivity index (χ1n) is 7.91. The van der Waals surface area contributed by atoms with E-state index in [4.69, 9.17) is 5.11 Å². The van der Waals surface area contributed by atoms with Crippen molar-refractivity contribution in [3.8, 4) is 0 Å². The summed E-state index contributed by atoms with van der Waals surface area (Å²) in [6.07, 6.45) is 3.82. The smallest absolute Gasteiger partial charge is 0.305 e. The van der Waals surface area contributed by atoms with Gasteiger partial charge in [0, 0.05) is 0 Å². The molecule has 1 aromatic rings. The van der Waals surface area contributed by atoms with Crippen LogP contribution in [0.3, 0.4) is 0 Å². The summed E-state index contributed by atoms with van der Waals surface area (Å²) >= 11 is 0. The molecule has 0 heterocycles. The molecule has 1 aromatic carbocycles. The summed E-state index contributed by atoms with van der Waals surface area (Å²) in [7, 11) is 0. The van der Waals surface area contributed by atoms with Gasteiger partial charge in [-0.25, -0.2) is 0 Å². The summed E-state index contributed by atoms with van der Waals surface area (Å²) in [5, 5.41) is 12.1. The van der Waals surface area contributed by atoms with E-state index in [1.165, 1.54) is 5.56 Å². The lowest BCUT2D eigenvalue weighted by atomic mass is 9.92. The molecule has 4 heteroatoms. The second-order valence-electron chi connectivity index (χ2n) is 6.66. The van der Waals surface area contributed by atoms with Gasteiger partial charge in [-0.3, -0.25) is 9.59 Å². The molecule has 0 radical (unpaired) electrons. The van der Waals surface area contributed by atoms with Gasteiger partial charge in [-0.1, -0.05) is 30.5 Å². The van der Waals surface area contributed by atoms with Crippen molar-refractivity contribution in [3.63, 3.8) is 0 Å². The number of amides is 1. The van der Waals surface area contributed by atoms with Crippen molar-refractivity contribution in [3.05, 3.63) is 34.4 Å². The highest BCUT2D eigenvalue weighted by Crippen LogP contribution is 2.32. The average Bonchev–Trinajstić information content (AvgIpc) is 2.80. The summed E-state index contributed by atoms with van der Waals surface area (Å²) in [6, 6.07) is 4.16. The fourth-order valence-electron chi connectivity index (χ4n) is 3.68. The van der Waals surface area contributed by atoms with Crippen molar-refractivity contribution in [1.29, 1.82) is 0 Å². The highest BCUT2D eigenvalue weighted by Gasteiger charge is 2.37. The number of aryl methyl sites for hydroxylation is 3. The number of rotatable bonds is 5. The maximum Gasteiger partial charge on any atom is 0.305 e. The van der Waals surface area contributed by atoms with Crippen LogP contribution < -0.4 is 5.32 Å². The molecule has 0 bridgehead atoms. The Bertz CT molecular complexity index is 563. The van der Waals surface area contributed by atoms with Crippen LogP contribution in [0.1, 0.15) is 54.4 Å². The minimum absolute atomic E-state index is 0.0185. The zero-order chi connectivity index (χ0) is 16.3. The van der Waals surface area contributed by atoms with Gasteiger partial charge in [-0.15, -0.1) is 0 Å². The summed E-state index contributed by atoms with van der Waals surface area (Å²) < 4.78 is 0. The summed E-state index contributed by atoms with van der Waals surface area (Å²) in [5.41, 5.74) is 3.93. The summed E-state index contributed by atoms with van der Waals surface area (Å²) in [6.45, 7) is 6.08. The number of carboxylic acid groups (broad SMARTS) is 1. The Balaban J connectivity index is 2.11. The fraction of sp³-hybridized carbons (Fsp3) is 0.556. The number of carbonyl (C=O) groups is 2. The highest BCUT2D eigenvalue weighted by molar-refractivity contribution is 5.81. The van der Waals surface area contributed by atoms with Gasteiger partial charge in [0.25, 0.3) is 0 Å². The molecule has 2 rings (SSSR count). The maximum absolute atomic E-state index is 12.4. The minimum atomic E-state index is -0.843. The van der Waals surface area contributed by atoms with Crippen LogP contribution in [0, 0.1) is 20.8 Å². The molecule has 1 aliphatic rings. The van der Waals surface area contributed by atoms with Crippen LogP contribution in [-0.4, -0.2) is 22.5 Å². The van der Waals surface area contributed by atoms with Crippen LogP contribution in [0.4, 0.5) is 0 Å². The first kappa shape index (κ1) is 16.5. The monoisotopic (exact) mass is 303 g/mol. The molecule has 0 saturated heterocycles. The van der Waals surface area contributed by atoms with E-state index in [1.807, 2.05) is 20.8 Å². The number of hydrogen-bond acceptors (Lipinski definition) is 2. The second kappa shape index (κ2) is 6.51. The van der Waals surface area contributed by atoms with Crippen molar-refractivity contribution in [2.45, 2.75) is 64.8 Å². The van der Waals surface area contributed by atoms with Gasteiger partial charge in [0.05, 0.1) is 18.4 Å². The second-order valence-corrected chi connectivity index (χ2v) is 6.66. The van der Waals surface area contributed by atoms with Crippen LogP contribution in [-0.2, 0) is 16.0 Å². The van der Waals surface area contributed by atoms with Gasteiger partial charge in [0.15, 0.2) is 0 Å². The summed E-state index contributed by atoms with van der Waals surface area (Å²) in [5.74, 6) is -0.914. The Morgan fingerprint density at radius 1 is 1.14 bits per heavy atom. The third kappa shape index (κ3) is 3.87. The zero-order valence-corrected chi connectivity index (χ0v) is 13.7. The quantitative estimate of drug-likeness (QED) is 0.878. The topological polar surface area (TPSA) is 66.4 Å². The Labute approximate surface area is 131 Å². The molecule has 2 N–H and O–H groups in total. The number of carbonyl (C=O) groups excluding carboxylic acids is 1. The molecule has 0 atom stereocenters. The van der Waals surface area contributed by atoms with Crippen molar-refractivity contribution in [2.75, 3.05) is 0 Å². The molecule has 0 aliphatic heterocycles. The van der Waals surface area contributed by atoms with Gasteiger partial charge in [-0.05, 0) is 50.3 Å². The molecule has 1 fully saturated rings. The van der Waals surface area contributed by atoms with Crippen LogP contribution in [0.5, 0.6) is 0 Å². The van der Waals surface area contributed by atoms with E-state index in [0.717, 1.165) is 42.4 Å². The lowest BCUT2D eigenvalue weighted by molar-refractivity contribution is -0.139. The first-order valence-corrected chi connectivity index (χ1v) is 7.91. The van der Waals surface area contributed by atoms with Crippen molar-refractivity contribution in [2.24, 2.45) is 0 Å². The molecule has 1 amide bonds. The van der Waals surface area contributed by atoms with Gasteiger partial charge < -0.3 is 10.4 Å². The predicted octanol–water partition coefficient (Wildman–Crippen LogP) is 3.06. The molecule has 4 nitrogen and oxygen atoms in total. The van der Waals surface area contributed by atoms with Crippen molar-refractivity contribution < 1.29 is 14.7 Å². The van der Waals surface area contributed by atoms with Gasteiger partial charge in [0.2, 0.25) is 5.91 Å². The fourth-order valence-corrected chi connectivity index (χ4v) is 3.68. The Kier molecular flexibility index (Phi) is 4.89. The third-order valence-electron chi connectivity index (χ3n) is 4.63. The van der Waals surface area contributed by atoms with E-state index < -0.39 is 11.5 Å². The SMILES string of the molecule is Cc1cc(C)c(CC(=O)NC2(CC(=O)O)CCCC2)c(C)c1. The van der Waals surface area contributed by atoms with Crippen molar-refractivity contribution >= 4 is 11.9 Å². The average molecular weight is 303 g/mol. The molecule has 1 aliphatic carbocycles. The van der Waals surface area contributed by atoms with Crippen LogP contribution in [0.2, 0.25) is 0 Å². The van der Waals surface area contributed by atoms with E-state index in [2.05, 4.69) is 17.4 Å². The molecule has 0 aromatic heterocycles. The predicted molar refractivity (Wildman–Crippen MR) is 86.0 cm³/mol. The maximum atomic E-state index is 12.4. The van der Waals surface area contributed by atoms with Gasteiger partial charge >= 0.3 is 5.97 Å². The van der Waals surface area contributed by atoms with E-state index in [1.54, 1.807) is 0 Å². The molecule has 0 unspecified atom stereocenters. The molecular weight excluding hydrogens is 278 g/mol. The molecule has 0 spiro atoms. The molecule has 22 heavy (non-hydrogen) atoms. The number of benzene rings is 1. The minimum Gasteiger partial charge on any atom is -0.481 e. The number of nitrogens with one attached hydrogen (secondary N) is 1. The van der Waals surface area contributed by atoms with Gasteiger partial charge in [0.1, 0.15) is 0 Å².